The van der Waals surface area contributed by atoms with E-state index in [0.717, 1.165) is 5.92 Å². The van der Waals surface area contributed by atoms with E-state index in [1.54, 1.807) is 0 Å². The molecule has 1 saturated carbocycles. The van der Waals surface area contributed by atoms with Gasteiger partial charge in [0.15, 0.2) is 0 Å². The first kappa shape index (κ1) is 14.1. The first-order chi connectivity index (χ1) is 9.59. The van der Waals surface area contributed by atoms with Crippen molar-refractivity contribution in [2.45, 2.75) is 63.5 Å². The molecule has 1 heterocycles. The SMILES string of the molecule is CC(C)(C(N)c1ccc(C2CCC2)cc1)N1CCCC1. The smallest absolute Gasteiger partial charge is 0.0476 e. The number of rotatable bonds is 4. The molecule has 2 heteroatoms. The normalized spacial score (nSPS) is 22.8. The Kier molecular flexibility index (Phi) is 3.87. The van der Waals surface area contributed by atoms with Gasteiger partial charge in [-0.05, 0) is 69.7 Å². The summed E-state index contributed by atoms with van der Waals surface area (Å²) in [5, 5.41) is 0. The van der Waals surface area contributed by atoms with Gasteiger partial charge in [-0.3, -0.25) is 4.90 Å². The molecule has 0 radical (unpaired) electrons. The Morgan fingerprint density at radius 2 is 1.65 bits per heavy atom. The number of hydrogen-bond donors (Lipinski definition) is 1. The molecule has 2 fully saturated rings. The lowest BCUT2D eigenvalue weighted by molar-refractivity contribution is 0.124. The van der Waals surface area contributed by atoms with Crippen LogP contribution in [0.25, 0.3) is 0 Å². The Bertz CT molecular complexity index is 439. The molecule has 0 bridgehead atoms. The van der Waals surface area contributed by atoms with Gasteiger partial charge in [0.2, 0.25) is 0 Å². The summed E-state index contributed by atoms with van der Waals surface area (Å²) in [5.74, 6) is 0.812. The summed E-state index contributed by atoms with van der Waals surface area (Å²) in [4.78, 5) is 2.55. The standard InChI is InChI=1S/C18H28N2/c1-18(2,20-12-3-4-13-20)17(19)16-10-8-15(9-11-16)14-6-5-7-14/h8-11,14,17H,3-7,12-13,19H2,1-2H3. The van der Waals surface area contributed by atoms with Crippen LogP contribution in [0.15, 0.2) is 24.3 Å². The second-order valence-electron chi connectivity index (χ2n) is 7.12. The fourth-order valence-corrected chi connectivity index (χ4v) is 3.62. The number of benzene rings is 1. The summed E-state index contributed by atoms with van der Waals surface area (Å²) in [7, 11) is 0. The molecule has 20 heavy (non-hydrogen) atoms. The zero-order valence-corrected chi connectivity index (χ0v) is 12.9. The van der Waals surface area contributed by atoms with Gasteiger partial charge in [0.25, 0.3) is 0 Å². The summed E-state index contributed by atoms with van der Waals surface area (Å²) in [6, 6.07) is 9.22. The van der Waals surface area contributed by atoms with Gasteiger partial charge in [0.05, 0.1) is 0 Å². The van der Waals surface area contributed by atoms with Gasteiger partial charge in [-0.1, -0.05) is 30.7 Å². The molecule has 1 aromatic rings. The van der Waals surface area contributed by atoms with Crippen LogP contribution in [0.2, 0.25) is 0 Å². The summed E-state index contributed by atoms with van der Waals surface area (Å²) in [5.41, 5.74) is 9.42. The second kappa shape index (κ2) is 5.50. The van der Waals surface area contributed by atoms with Crippen LogP contribution in [0.4, 0.5) is 0 Å². The minimum Gasteiger partial charge on any atom is -0.322 e. The van der Waals surface area contributed by atoms with Crippen LogP contribution < -0.4 is 5.73 Å². The van der Waals surface area contributed by atoms with Crippen LogP contribution in [0.5, 0.6) is 0 Å². The van der Waals surface area contributed by atoms with Crippen LogP contribution in [-0.2, 0) is 0 Å². The molecule has 3 rings (SSSR count). The van der Waals surface area contributed by atoms with Crippen LogP contribution in [0.1, 0.15) is 69.0 Å². The summed E-state index contributed by atoms with van der Waals surface area (Å²) in [6.07, 6.45) is 6.76. The first-order valence-electron chi connectivity index (χ1n) is 8.19. The van der Waals surface area contributed by atoms with E-state index >= 15 is 0 Å². The molecule has 110 valence electrons. The van der Waals surface area contributed by atoms with Crippen molar-refractivity contribution in [1.29, 1.82) is 0 Å². The van der Waals surface area contributed by atoms with Crippen LogP contribution in [-0.4, -0.2) is 23.5 Å². The monoisotopic (exact) mass is 272 g/mol. The molecule has 2 aliphatic rings. The minimum atomic E-state index is 0.0501. The predicted molar refractivity (Wildman–Crippen MR) is 84.8 cm³/mol. The zero-order valence-electron chi connectivity index (χ0n) is 12.9. The van der Waals surface area contributed by atoms with E-state index in [1.165, 1.54) is 56.3 Å². The fraction of sp³-hybridized carbons (Fsp3) is 0.667. The maximum absolute atomic E-state index is 6.58. The molecule has 1 aliphatic heterocycles. The topological polar surface area (TPSA) is 29.3 Å². The molecule has 1 unspecified atom stereocenters. The lowest BCUT2D eigenvalue weighted by atomic mass is 9.79. The van der Waals surface area contributed by atoms with Gasteiger partial charge in [0.1, 0.15) is 0 Å². The highest BCUT2D eigenvalue weighted by Gasteiger charge is 2.35. The molecular formula is C18H28N2. The minimum absolute atomic E-state index is 0.0501. The van der Waals surface area contributed by atoms with Crippen molar-refractivity contribution in [3.63, 3.8) is 0 Å². The average Bonchev–Trinajstić information content (AvgIpc) is 2.91. The molecule has 2 N–H and O–H groups in total. The molecule has 1 aromatic carbocycles. The van der Waals surface area contributed by atoms with Crippen molar-refractivity contribution in [3.8, 4) is 0 Å². The van der Waals surface area contributed by atoms with Crippen molar-refractivity contribution in [1.82, 2.24) is 4.90 Å². The highest BCUT2D eigenvalue weighted by atomic mass is 15.2. The van der Waals surface area contributed by atoms with Gasteiger partial charge < -0.3 is 5.73 Å². The Hall–Kier alpha value is -0.860. The van der Waals surface area contributed by atoms with E-state index in [9.17, 15) is 0 Å². The molecule has 0 aromatic heterocycles. The Morgan fingerprint density at radius 3 is 2.15 bits per heavy atom. The van der Waals surface area contributed by atoms with Gasteiger partial charge in [-0.2, -0.15) is 0 Å². The summed E-state index contributed by atoms with van der Waals surface area (Å²) >= 11 is 0. The lowest BCUT2D eigenvalue weighted by Crippen LogP contribution is -2.49. The zero-order chi connectivity index (χ0) is 14.2. The predicted octanol–water partition coefficient (Wildman–Crippen LogP) is 3.83. The Balaban J connectivity index is 1.73. The maximum Gasteiger partial charge on any atom is 0.0476 e. The second-order valence-corrected chi connectivity index (χ2v) is 7.12. The van der Waals surface area contributed by atoms with E-state index < -0.39 is 0 Å². The van der Waals surface area contributed by atoms with E-state index in [-0.39, 0.29) is 11.6 Å². The van der Waals surface area contributed by atoms with Crippen molar-refractivity contribution < 1.29 is 0 Å². The average molecular weight is 272 g/mol. The lowest BCUT2D eigenvalue weighted by Gasteiger charge is -2.40. The summed E-state index contributed by atoms with van der Waals surface area (Å²) < 4.78 is 0. The number of likely N-dealkylation sites (tertiary alicyclic amines) is 1. The molecule has 1 saturated heterocycles. The van der Waals surface area contributed by atoms with Crippen molar-refractivity contribution in [2.75, 3.05) is 13.1 Å². The van der Waals surface area contributed by atoms with Gasteiger partial charge in [0, 0.05) is 11.6 Å². The third kappa shape index (κ3) is 2.51. The molecule has 1 aliphatic carbocycles. The van der Waals surface area contributed by atoms with E-state index in [1.807, 2.05) is 0 Å². The van der Waals surface area contributed by atoms with Crippen LogP contribution in [0, 0.1) is 0 Å². The maximum atomic E-state index is 6.58. The third-order valence-electron chi connectivity index (χ3n) is 5.55. The highest BCUT2D eigenvalue weighted by Crippen LogP contribution is 2.37. The summed E-state index contributed by atoms with van der Waals surface area (Å²) in [6.45, 7) is 6.98. The Labute approximate surface area is 123 Å². The Morgan fingerprint density at radius 1 is 1.05 bits per heavy atom. The third-order valence-corrected chi connectivity index (χ3v) is 5.55. The molecule has 1 atom stereocenters. The van der Waals surface area contributed by atoms with Crippen molar-refractivity contribution in [3.05, 3.63) is 35.4 Å². The van der Waals surface area contributed by atoms with E-state index in [0.29, 0.717) is 0 Å². The quantitative estimate of drug-likeness (QED) is 0.902. The molecular weight excluding hydrogens is 244 g/mol. The molecule has 2 nitrogen and oxygen atoms in total. The van der Waals surface area contributed by atoms with Crippen molar-refractivity contribution >= 4 is 0 Å². The number of hydrogen-bond acceptors (Lipinski definition) is 2. The van der Waals surface area contributed by atoms with Gasteiger partial charge in [-0.15, -0.1) is 0 Å². The largest absolute Gasteiger partial charge is 0.322 e. The molecule has 0 spiro atoms. The van der Waals surface area contributed by atoms with E-state index in [2.05, 4.69) is 43.0 Å². The number of nitrogens with two attached hydrogens (primary N) is 1. The van der Waals surface area contributed by atoms with Crippen molar-refractivity contribution in [2.24, 2.45) is 5.73 Å². The number of nitrogens with zero attached hydrogens (tertiary/aromatic N) is 1. The van der Waals surface area contributed by atoms with Gasteiger partial charge in [-0.25, -0.2) is 0 Å². The van der Waals surface area contributed by atoms with Gasteiger partial charge >= 0.3 is 0 Å². The highest BCUT2D eigenvalue weighted by molar-refractivity contribution is 5.30. The van der Waals surface area contributed by atoms with Crippen LogP contribution >= 0.6 is 0 Å². The fourth-order valence-electron chi connectivity index (χ4n) is 3.62. The first-order valence-corrected chi connectivity index (χ1v) is 8.19. The molecule has 0 amide bonds. The van der Waals surface area contributed by atoms with E-state index in [4.69, 9.17) is 5.73 Å². The van der Waals surface area contributed by atoms with Crippen LogP contribution in [0.3, 0.4) is 0 Å².